The summed E-state index contributed by atoms with van der Waals surface area (Å²) >= 11 is 6.10. The molecule has 0 spiro atoms. The normalized spacial score (nSPS) is 11.9. The van der Waals surface area contributed by atoms with Gasteiger partial charge in [-0.3, -0.25) is 24.6 Å². The number of carbonyl (C=O) groups is 2. The van der Waals surface area contributed by atoms with Crippen LogP contribution in [0, 0.1) is 10.1 Å². The molecule has 0 bridgehead atoms. The molecule has 0 radical (unpaired) electrons. The van der Waals surface area contributed by atoms with Crippen molar-refractivity contribution in [3.63, 3.8) is 0 Å². The number of likely N-dealkylation sites (N-methyl/N-ethyl adjacent to an activating group) is 1. The summed E-state index contributed by atoms with van der Waals surface area (Å²) in [6, 6.07) is 13.0. The minimum Gasteiger partial charge on any atom is -0.345 e. The molecule has 7 nitrogen and oxygen atoms in total. The van der Waals surface area contributed by atoms with Gasteiger partial charge in [0.05, 0.1) is 17.5 Å². The Morgan fingerprint density at radius 2 is 1.89 bits per heavy atom. The lowest BCUT2D eigenvalue weighted by Crippen LogP contribution is -2.45. The van der Waals surface area contributed by atoms with Crippen molar-refractivity contribution in [2.24, 2.45) is 0 Å². The van der Waals surface area contributed by atoms with Crippen molar-refractivity contribution < 1.29 is 14.5 Å². The number of Topliss-reactive ketones (excluding diaryl/α,β-unsaturated/α-hetero) is 1. The summed E-state index contributed by atoms with van der Waals surface area (Å²) < 4.78 is 0. The summed E-state index contributed by atoms with van der Waals surface area (Å²) in [5.41, 5.74) is 1.45. The molecule has 2 rings (SSSR count). The van der Waals surface area contributed by atoms with Crippen LogP contribution in [-0.4, -0.2) is 41.1 Å². The van der Waals surface area contributed by atoms with Gasteiger partial charge in [0.1, 0.15) is 0 Å². The van der Waals surface area contributed by atoms with Gasteiger partial charge in [0, 0.05) is 23.7 Å². The Hall–Kier alpha value is -2.77. The zero-order valence-electron chi connectivity index (χ0n) is 15.7. The van der Waals surface area contributed by atoms with Crippen LogP contribution >= 0.6 is 11.6 Å². The van der Waals surface area contributed by atoms with Crippen LogP contribution in [0.2, 0.25) is 5.02 Å². The van der Waals surface area contributed by atoms with Crippen molar-refractivity contribution in [3.05, 3.63) is 74.8 Å². The fourth-order valence-corrected chi connectivity index (χ4v) is 2.95. The van der Waals surface area contributed by atoms with Gasteiger partial charge < -0.3 is 5.32 Å². The summed E-state index contributed by atoms with van der Waals surface area (Å²) in [7, 11) is 1.70. The first-order valence-electron chi connectivity index (χ1n) is 8.71. The van der Waals surface area contributed by atoms with Crippen molar-refractivity contribution in [2.45, 2.75) is 25.9 Å². The molecule has 1 N–H and O–H groups in total. The minimum absolute atomic E-state index is 0.0254. The summed E-state index contributed by atoms with van der Waals surface area (Å²) in [5.74, 6) is -0.429. The molecule has 148 valence electrons. The first-order valence-corrected chi connectivity index (χ1v) is 9.09. The van der Waals surface area contributed by atoms with Gasteiger partial charge in [-0.2, -0.15) is 0 Å². The smallest absolute Gasteiger partial charge is 0.269 e. The maximum absolute atomic E-state index is 12.4. The fraction of sp³-hybridized carbons (Fsp3) is 0.300. The third kappa shape index (κ3) is 6.44. The Morgan fingerprint density at radius 3 is 2.50 bits per heavy atom. The van der Waals surface area contributed by atoms with Crippen LogP contribution in [0.4, 0.5) is 5.69 Å². The molecule has 8 heteroatoms. The van der Waals surface area contributed by atoms with Gasteiger partial charge in [0.15, 0.2) is 5.78 Å². The Morgan fingerprint density at radius 1 is 1.21 bits per heavy atom. The highest BCUT2D eigenvalue weighted by Gasteiger charge is 2.19. The molecule has 0 aliphatic heterocycles. The Bertz CT molecular complexity index is 858. The number of non-ortho nitro benzene ring substituents is 1. The quantitative estimate of drug-likeness (QED) is 0.513. The monoisotopic (exact) mass is 403 g/mol. The van der Waals surface area contributed by atoms with Gasteiger partial charge in [-0.1, -0.05) is 41.9 Å². The predicted molar refractivity (Wildman–Crippen MR) is 107 cm³/mol. The van der Waals surface area contributed by atoms with Crippen molar-refractivity contribution >= 4 is 29.0 Å². The van der Waals surface area contributed by atoms with Gasteiger partial charge >= 0.3 is 0 Å². The third-order valence-corrected chi connectivity index (χ3v) is 4.57. The fourth-order valence-electron chi connectivity index (χ4n) is 2.77. The molecule has 2 aromatic carbocycles. The van der Waals surface area contributed by atoms with Gasteiger partial charge in [0.2, 0.25) is 5.91 Å². The van der Waals surface area contributed by atoms with Crippen LogP contribution in [0.15, 0.2) is 48.5 Å². The number of hydrogen-bond acceptors (Lipinski definition) is 5. The van der Waals surface area contributed by atoms with Crippen LogP contribution in [0.1, 0.15) is 18.1 Å². The first kappa shape index (κ1) is 21.5. The van der Waals surface area contributed by atoms with Crippen LogP contribution < -0.4 is 5.32 Å². The molecule has 0 fully saturated rings. The molecule has 0 unspecified atom stereocenters. The SMILES string of the molecule is CC(=O)[C@@H](Cc1ccccc1)NC(=O)CN(C)Cc1cc([N+](=O)[O-])ccc1Cl. The third-order valence-electron chi connectivity index (χ3n) is 4.20. The Balaban J connectivity index is 1.96. The van der Waals surface area contributed by atoms with E-state index in [9.17, 15) is 19.7 Å². The zero-order chi connectivity index (χ0) is 20.7. The lowest BCUT2D eigenvalue weighted by Gasteiger charge is -2.20. The molecule has 0 saturated carbocycles. The van der Waals surface area contributed by atoms with Crippen LogP contribution in [0.3, 0.4) is 0 Å². The van der Waals surface area contributed by atoms with Gasteiger partial charge in [-0.25, -0.2) is 0 Å². The zero-order valence-corrected chi connectivity index (χ0v) is 16.5. The van der Waals surface area contributed by atoms with E-state index in [0.29, 0.717) is 17.0 Å². The molecule has 28 heavy (non-hydrogen) atoms. The number of halogens is 1. The van der Waals surface area contributed by atoms with E-state index in [4.69, 9.17) is 11.6 Å². The van der Waals surface area contributed by atoms with E-state index in [1.807, 2.05) is 30.3 Å². The van der Waals surface area contributed by atoms with Crippen LogP contribution in [0.5, 0.6) is 0 Å². The highest BCUT2D eigenvalue weighted by Crippen LogP contribution is 2.23. The molecule has 1 atom stereocenters. The second-order valence-corrected chi connectivity index (χ2v) is 7.03. The second-order valence-electron chi connectivity index (χ2n) is 6.63. The molecule has 0 saturated heterocycles. The van der Waals surface area contributed by atoms with Crippen molar-refractivity contribution in [2.75, 3.05) is 13.6 Å². The number of rotatable bonds is 9. The molecule has 0 aliphatic rings. The Labute approximate surface area is 168 Å². The van der Waals surface area contributed by atoms with E-state index in [-0.39, 0.29) is 30.5 Å². The van der Waals surface area contributed by atoms with Gasteiger partial charge in [-0.15, -0.1) is 0 Å². The molecular weight excluding hydrogens is 382 g/mol. The van der Waals surface area contributed by atoms with Crippen molar-refractivity contribution in [1.82, 2.24) is 10.2 Å². The highest BCUT2D eigenvalue weighted by atomic mass is 35.5. The van der Waals surface area contributed by atoms with E-state index in [1.54, 1.807) is 11.9 Å². The maximum Gasteiger partial charge on any atom is 0.269 e. The van der Waals surface area contributed by atoms with Crippen LogP contribution in [-0.2, 0) is 22.6 Å². The molecular formula is C20H22ClN3O4. The second kappa shape index (κ2) is 9.96. The molecule has 2 aromatic rings. The number of hydrogen-bond donors (Lipinski definition) is 1. The largest absolute Gasteiger partial charge is 0.345 e. The molecule has 1 amide bonds. The maximum atomic E-state index is 12.4. The number of carbonyl (C=O) groups excluding carboxylic acids is 2. The van der Waals surface area contributed by atoms with Crippen molar-refractivity contribution in [3.8, 4) is 0 Å². The first-order chi connectivity index (χ1) is 13.3. The number of nitro benzene ring substituents is 1. The summed E-state index contributed by atoms with van der Waals surface area (Å²) in [4.78, 5) is 36.4. The van der Waals surface area contributed by atoms with Crippen LogP contribution in [0.25, 0.3) is 0 Å². The highest BCUT2D eigenvalue weighted by molar-refractivity contribution is 6.31. The topological polar surface area (TPSA) is 92.6 Å². The minimum atomic E-state index is -0.607. The van der Waals surface area contributed by atoms with Gasteiger partial charge in [-0.05, 0) is 37.6 Å². The van der Waals surface area contributed by atoms with E-state index in [0.717, 1.165) is 5.56 Å². The lowest BCUT2D eigenvalue weighted by atomic mass is 10.0. The number of amides is 1. The number of ketones is 1. The van der Waals surface area contributed by atoms with E-state index in [2.05, 4.69) is 5.32 Å². The lowest BCUT2D eigenvalue weighted by molar-refractivity contribution is -0.384. The van der Waals surface area contributed by atoms with E-state index in [1.165, 1.54) is 25.1 Å². The van der Waals surface area contributed by atoms with Crippen molar-refractivity contribution in [1.29, 1.82) is 0 Å². The predicted octanol–water partition coefficient (Wildman–Crippen LogP) is 3.00. The average Bonchev–Trinajstić information content (AvgIpc) is 2.63. The molecule has 0 aliphatic carbocycles. The van der Waals surface area contributed by atoms with E-state index >= 15 is 0 Å². The Kier molecular flexibility index (Phi) is 7.66. The number of nitro groups is 1. The molecule has 0 aromatic heterocycles. The summed E-state index contributed by atoms with van der Waals surface area (Å²) in [5, 5.41) is 14.1. The summed E-state index contributed by atoms with van der Waals surface area (Å²) in [6.45, 7) is 1.73. The summed E-state index contributed by atoms with van der Waals surface area (Å²) in [6.07, 6.45) is 0.419. The number of benzene rings is 2. The number of nitrogens with one attached hydrogen (secondary N) is 1. The standard InChI is InChI=1S/C20H22ClN3O4/c1-14(25)19(10-15-6-4-3-5-7-15)22-20(26)13-23(2)12-16-11-17(24(27)28)8-9-18(16)21/h3-9,11,19H,10,12-13H2,1-2H3,(H,22,26)/t19-/m1/s1. The average molecular weight is 404 g/mol. The van der Waals surface area contributed by atoms with E-state index < -0.39 is 11.0 Å². The number of nitrogens with zero attached hydrogens (tertiary/aromatic N) is 2. The molecule has 0 heterocycles. The van der Waals surface area contributed by atoms with Gasteiger partial charge in [0.25, 0.3) is 5.69 Å².